The quantitative estimate of drug-likeness (QED) is 0.0461. The number of aliphatic hydroxyl groups excluding tert-OH is 1. The number of hydrogen-bond acceptors (Lipinski definition) is 15. The maximum absolute atomic E-state index is 12.9. The van der Waals surface area contributed by atoms with E-state index in [1.807, 2.05) is 44.2 Å². The molecule has 0 aliphatic rings. The largest absolute Gasteiger partial charge is 0.490 e. The van der Waals surface area contributed by atoms with Gasteiger partial charge in [-0.15, -0.1) is 0 Å². The predicted molar refractivity (Wildman–Crippen MR) is 233 cm³/mol. The third-order valence-corrected chi connectivity index (χ3v) is 9.80. The fourth-order valence-corrected chi connectivity index (χ4v) is 6.54. The minimum Gasteiger partial charge on any atom is -0.490 e. The van der Waals surface area contributed by atoms with Crippen LogP contribution in [0.2, 0.25) is 0 Å². The second kappa shape index (κ2) is 25.4. The number of rotatable bonds is 29. The zero-order valence-corrected chi connectivity index (χ0v) is 36.1. The van der Waals surface area contributed by atoms with Crippen LogP contribution in [-0.2, 0) is 48.4 Å². The lowest BCUT2D eigenvalue weighted by molar-refractivity contribution is -0.134. The molecule has 0 aliphatic carbocycles. The highest BCUT2D eigenvalue weighted by molar-refractivity contribution is 5.96. The first-order chi connectivity index (χ1) is 30.5. The number of carbonyl (C=O) groups is 3. The minimum absolute atomic E-state index is 0.0818. The molecule has 3 heterocycles. The van der Waals surface area contributed by atoms with Gasteiger partial charge in [0.1, 0.15) is 35.4 Å². The van der Waals surface area contributed by atoms with Crippen LogP contribution in [-0.4, -0.2) is 120 Å². The van der Waals surface area contributed by atoms with Gasteiger partial charge in [-0.2, -0.15) is 5.10 Å². The van der Waals surface area contributed by atoms with Gasteiger partial charge in [0, 0.05) is 44.5 Å². The van der Waals surface area contributed by atoms with Crippen molar-refractivity contribution in [2.24, 2.45) is 24.6 Å². The van der Waals surface area contributed by atoms with Gasteiger partial charge in [0.2, 0.25) is 11.8 Å². The van der Waals surface area contributed by atoms with Gasteiger partial charge >= 0.3 is 0 Å². The van der Waals surface area contributed by atoms with Gasteiger partial charge in [-0.25, -0.2) is 14.6 Å². The molecule has 63 heavy (non-hydrogen) atoms. The van der Waals surface area contributed by atoms with E-state index >= 15 is 0 Å². The number of carbonyl (C=O) groups excluding carboxylic acids is 3. The Morgan fingerprint density at radius 1 is 0.841 bits per heavy atom. The van der Waals surface area contributed by atoms with Crippen molar-refractivity contribution in [3.8, 4) is 17.3 Å². The van der Waals surface area contributed by atoms with Gasteiger partial charge in [0.15, 0.2) is 17.1 Å². The van der Waals surface area contributed by atoms with E-state index in [0.717, 1.165) is 11.1 Å². The summed E-state index contributed by atoms with van der Waals surface area (Å²) in [6.45, 7) is 7.41. The molecule has 17 heteroatoms. The van der Waals surface area contributed by atoms with E-state index in [1.165, 1.54) is 16.9 Å². The van der Waals surface area contributed by atoms with Crippen LogP contribution in [0.3, 0.4) is 0 Å². The SMILES string of the molecule is CC(C)C[C@H](CC(=O)[C@@H](O)[C@H](N)Cc1ccccc1)C(=O)NCCOCCOCCOCCOCCOc1ccc(C(=O)Cc2ccc3oc(-c4ccc(=O)n(C)n4)nc3c2)nc1. The maximum atomic E-state index is 12.9. The Hall–Kier alpha value is -5.69. The van der Waals surface area contributed by atoms with Gasteiger partial charge in [0.05, 0.1) is 59.1 Å². The standard InChI is InChI=1S/C46H58N6O11/c1-31(2)25-34(29-41(54)44(56)36(47)26-32-7-5-4-6-8-32)45(57)48-15-16-58-17-18-59-19-20-60-21-22-61-23-24-62-35-10-11-37(49-30-35)40(53)28-33-9-13-42-39(27-33)50-46(63-42)38-12-14-43(55)52(3)51-38/h4-14,27,30-31,34,36,44,56H,15-26,28-29,47H2,1-3H3,(H,48,57)/t34-,36-,44+/m1/s1. The summed E-state index contributed by atoms with van der Waals surface area (Å²) in [7, 11) is 1.55. The van der Waals surface area contributed by atoms with E-state index < -0.39 is 23.8 Å². The highest BCUT2D eigenvalue weighted by atomic mass is 16.6. The average molecular weight is 871 g/mol. The monoisotopic (exact) mass is 870 g/mol. The molecule has 3 atom stereocenters. The number of amides is 1. The fourth-order valence-electron chi connectivity index (χ4n) is 6.54. The van der Waals surface area contributed by atoms with Gasteiger partial charge in [0.25, 0.3) is 5.56 Å². The number of aliphatic hydroxyl groups is 1. The molecule has 0 bridgehead atoms. The van der Waals surface area contributed by atoms with Crippen LogP contribution in [0.25, 0.3) is 22.7 Å². The van der Waals surface area contributed by atoms with Gasteiger partial charge in [-0.05, 0) is 60.2 Å². The Labute approximate surface area is 366 Å². The number of nitrogens with zero attached hydrogens (tertiary/aromatic N) is 4. The second-order valence-electron chi connectivity index (χ2n) is 15.4. The van der Waals surface area contributed by atoms with E-state index in [9.17, 15) is 24.3 Å². The predicted octanol–water partition coefficient (Wildman–Crippen LogP) is 3.52. The number of aryl methyl sites for hydroxylation is 1. The number of pyridine rings is 1. The summed E-state index contributed by atoms with van der Waals surface area (Å²) in [6, 6.07) is 20.2. The van der Waals surface area contributed by atoms with Crippen molar-refractivity contribution in [1.82, 2.24) is 25.1 Å². The number of ketones is 2. The molecule has 4 N–H and O–H groups in total. The molecule has 0 unspecified atom stereocenters. The van der Waals surface area contributed by atoms with Crippen LogP contribution in [0.5, 0.6) is 5.75 Å². The molecule has 1 amide bonds. The summed E-state index contributed by atoms with van der Waals surface area (Å²) >= 11 is 0. The fraction of sp³-hybridized carbons (Fsp3) is 0.457. The van der Waals surface area contributed by atoms with Crippen LogP contribution in [0.15, 0.2) is 88.2 Å². The van der Waals surface area contributed by atoms with E-state index in [2.05, 4.69) is 20.4 Å². The van der Waals surface area contributed by atoms with Crippen molar-refractivity contribution < 1.29 is 47.6 Å². The summed E-state index contributed by atoms with van der Waals surface area (Å²) in [5.41, 5.74) is 9.41. The number of nitrogens with one attached hydrogen (secondary N) is 1. The third-order valence-electron chi connectivity index (χ3n) is 9.80. The molecular formula is C46H58N6O11. The van der Waals surface area contributed by atoms with E-state index in [-0.39, 0.29) is 55.1 Å². The maximum Gasteiger partial charge on any atom is 0.266 e. The molecule has 5 rings (SSSR count). The average Bonchev–Trinajstić information content (AvgIpc) is 3.70. The van der Waals surface area contributed by atoms with Gasteiger partial charge < -0.3 is 44.3 Å². The van der Waals surface area contributed by atoms with Crippen molar-refractivity contribution in [1.29, 1.82) is 0 Å². The molecule has 5 aromatic rings. The number of benzene rings is 2. The molecule has 0 aliphatic heterocycles. The number of ether oxygens (including phenoxy) is 5. The molecule has 0 radical (unpaired) electrons. The van der Waals surface area contributed by atoms with Crippen molar-refractivity contribution in [2.45, 2.75) is 51.7 Å². The van der Waals surface area contributed by atoms with E-state index in [0.29, 0.717) is 93.9 Å². The van der Waals surface area contributed by atoms with Crippen molar-refractivity contribution in [3.05, 3.63) is 106 Å². The summed E-state index contributed by atoms with van der Waals surface area (Å²) in [4.78, 5) is 59.1. The molecule has 2 aromatic carbocycles. The molecule has 0 fully saturated rings. The zero-order valence-electron chi connectivity index (χ0n) is 36.1. The number of Topliss-reactive ketones (excluding diaryl/α,β-unsaturated/α-hetero) is 2. The van der Waals surface area contributed by atoms with Crippen LogP contribution >= 0.6 is 0 Å². The van der Waals surface area contributed by atoms with Gasteiger partial charge in [-0.3, -0.25) is 19.2 Å². The lowest BCUT2D eigenvalue weighted by atomic mass is 9.88. The highest BCUT2D eigenvalue weighted by Crippen LogP contribution is 2.24. The second-order valence-corrected chi connectivity index (χ2v) is 15.4. The number of oxazole rings is 1. The Kier molecular flexibility index (Phi) is 19.5. The molecular weight excluding hydrogens is 813 g/mol. The molecule has 0 saturated heterocycles. The Balaban J connectivity index is 0.850. The van der Waals surface area contributed by atoms with Crippen molar-refractivity contribution in [2.75, 3.05) is 66.0 Å². The first-order valence-corrected chi connectivity index (χ1v) is 21.1. The molecule has 17 nitrogen and oxygen atoms in total. The molecule has 0 spiro atoms. The van der Waals surface area contributed by atoms with Crippen molar-refractivity contribution in [3.63, 3.8) is 0 Å². The van der Waals surface area contributed by atoms with Crippen molar-refractivity contribution >= 4 is 28.6 Å². The smallest absolute Gasteiger partial charge is 0.266 e. The Bertz CT molecular complexity index is 2250. The molecule has 3 aromatic heterocycles. The van der Waals surface area contributed by atoms with Crippen LogP contribution in [0.1, 0.15) is 48.3 Å². The summed E-state index contributed by atoms with van der Waals surface area (Å²) in [6.07, 6.45) is 1.06. The highest BCUT2D eigenvalue weighted by Gasteiger charge is 2.29. The minimum atomic E-state index is -1.35. The summed E-state index contributed by atoms with van der Waals surface area (Å²) < 4.78 is 34.9. The first kappa shape index (κ1) is 48.3. The summed E-state index contributed by atoms with van der Waals surface area (Å²) in [5.74, 6) is -0.447. The normalized spacial score (nSPS) is 12.9. The summed E-state index contributed by atoms with van der Waals surface area (Å²) in [5, 5.41) is 17.6. The first-order valence-electron chi connectivity index (χ1n) is 21.1. The van der Waals surface area contributed by atoms with Gasteiger partial charge in [-0.1, -0.05) is 50.2 Å². The van der Waals surface area contributed by atoms with E-state index in [4.69, 9.17) is 33.8 Å². The number of nitrogens with two attached hydrogens (primary N) is 1. The zero-order chi connectivity index (χ0) is 45.0. The Morgan fingerprint density at radius 3 is 2.17 bits per heavy atom. The number of hydrogen-bond donors (Lipinski definition) is 3. The molecule has 338 valence electrons. The third kappa shape index (κ3) is 16.2. The van der Waals surface area contributed by atoms with Crippen LogP contribution in [0.4, 0.5) is 0 Å². The van der Waals surface area contributed by atoms with Crippen LogP contribution in [0, 0.1) is 11.8 Å². The topological polar surface area (TPSA) is 229 Å². The Morgan fingerprint density at radius 2 is 1.52 bits per heavy atom. The molecule has 0 saturated carbocycles. The number of aromatic nitrogens is 4. The lowest BCUT2D eigenvalue weighted by Crippen LogP contribution is -2.44. The van der Waals surface area contributed by atoms with Crippen LogP contribution < -0.4 is 21.3 Å². The number of fused-ring (bicyclic) bond motifs is 1. The lowest BCUT2D eigenvalue weighted by Gasteiger charge is -2.22. The van der Waals surface area contributed by atoms with E-state index in [1.54, 1.807) is 43.4 Å².